The number of ether oxygens (including phenoxy) is 4. The van der Waals surface area contributed by atoms with Crippen LogP contribution in [-0.2, 0) is 29.2 Å². The summed E-state index contributed by atoms with van der Waals surface area (Å²) in [4.78, 5) is 12.8. The van der Waals surface area contributed by atoms with Gasteiger partial charge in [0.1, 0.15) is 31.1 Å². The third-order valence-electron chi connectivity index (χ3n) is 6.72. The van der Waals surface area contributed by atoms with Gasteiger partial charge in [-0.1, -0.05) is 78.9 Å². The molecule has 4 aromatic carbocycles. The Balaban J connectivity index is 1.53. The minimum absolute atomic E-state index is 0.135. The fourth-order valence-electron chi connectivity index (χ4n) is 4.50. The van der Waals surface area contributed by atoms with E-state index in [2.05, 4.69) is 5.32 Å². The third-order valence-corrected chi connectivity index (χ3v) is 6.72. The van der Waals surface area contributed by atoms with Crippen molar-refractivity contribution in [2.24, 2.45) is 0 Å². The average Bonchev–Trinajstić information content (AvgIpc) is 3.02. The molecule has 0 saturated carbocycles. The van der Waals surface area contributed by atoms with Gasteiger partial charge < -0.3 is 24.1 Å². The van der Waals surface area contributed by atoms with Crippen LogP contribution in [-0.4, -0.2) is 37.4 Å². The molecule has 0 aliphatic heterocycles. The molecule has 0 bridgehead atoms. The largest absolute Gasteiger partial charge is 0.497 e. The van der Waals surface area contributed by atoms with E-state index in [0.717, 1.165) is 22.4 Å². The number of aliphatic hydroxyl groups is 1. The molecule has 0 heterocycles. The summed E-state index contributed by atoms with van der Waals surface area (Å²) in [7, 11) is 2.94. The van der Waals surface area contributed by atoms with E-state index in [9.17, 15) is 9.90 Å². The third kappa shape index (κ3) is 8.58. The van der Waals surface area contributed by atoms with Crippen LogP contribution >= 0.6 is 0 Å². The summed E-state index contributed by atoms with van der Waals surface area (Å²) in [6.45, 7) is 2.64. The van der Waals surface area contributed by atoms with Crippen LogP contribution in [0.5, 0.6) is 17.2 Å². The molecule has 0 aliphatic carbocycles. The molecule has 0 fully saturated rings. The van der Waals surface area contributed by atoms with Crippen molar-refractivity contribution in [2.75, 3.05) is 14.2 Å². The van der Waals surface area contributed by atoms with Crippen LogP contribution in [0.4, 0.5) is 0 Å². The Labute approximate surface area is 241 Å². The molecule has 0 amide bonds. The van der Waals surface area contributed by atoms with Crippen molar-refractivity contribution in [3.8, 4) is 17.2 Å². The van der Waals surface area contributed by atoms with Crippen LogP contribution in [0.25, 0.3) is 0 Å². The number of hydrogen-bond donors (Lipinski definition) is 2. The molecule has 4 rings (SSSR count). The molecule has 4 aromatic rings. The maximum atomic E-state index is 12.8. The molecule has 0 spiro atoms. The van der Waals surface area contributed by atoms with Crippen molar-refractivity contribution in [3.63, 3.8) is 0 Å². The lowest BCUT2D eigenvalue weighted by Crippen LogP contribution is -2.47. The number of carbonyl (C=O) groups excluding carboxylic acids is 1. The lowest BCUT2D eigenvalue weighted by atomic mass is 9.99. The van der Waals surface area contributed by atoms with Crippen LogP contribution in [0.15, 0.2) is 103 Å². The molecular weight excluding hydrogens is 518 g/mol. The van der Waals surface area contributed by atoms with Gasteiger partial charge in [-0.3, -0.25) is 10.1 Å². The predicted molar refractivity (Wildman–Crippen MR) is 158 cm³/mol. The molecule has 0 aromatic heterocycles. The molecule has 7 nitrogen and oxygen atoms in total. The molecule has 3 atom stereocenters. The first-order valence-electron chi connectivity index (χ1n) is 13.6. The zero-order chi connectivity index (χ0) is 29.0. The zero-order valence-electron chi connectivity index (χ0n) is 23.7. The summed E-state index contributed by atoms with van der Waals surface area (Å²) in [5.41, 5.74) is 3.58. The minimum Gasteiger partial charge on any atom is -0.497 e. The molecule has 0 saturated heterocycles. The van der Waals surface area contributed by atoms with Gasteiger partial charge in [-0.15, -0.1) is 0 Å². The summed E-state index contributed by atoms with van der Waals surface area (Å²) < 4.78 is 22.5. The van der Waals surface area contributed by atoms with Crippen LogP contribution in [0.2, 0.25) is 0 Å². The lowest BCUT2D eigenvalue weighted by molar-refractivity contribution is -0.146. The van der Waals surface area contributed by atoms with Crippen molar-refractivity contribution in [2.45, 2.75) is 44.7 Å². The van der Waals surface area contributed by atoms with E-state index in [0.29, 0.717) is 36.7 Å². The van der Waals surface area contributed by atoms with E-state index >= 15 is 0 Å². The van der Waals surface area contributed by atoms with Crippen molar-refractivity contribution < 1.29 is 28.8 Å². The van der Waals surface area contributed by atoms with Crippen LogP contribution < -0.4 is 19.5 Å². The smallest absolute Gasteiger partial charge is 0.325 e. The number of benzene rings is 4. The van der Waals surface area contributed by atoms with Gasteiger partial charge >= 0.3 is 5.97 Å². The molecule has 41 heavy (non-hydrogen) atoms. The normalized spacial score (nSPS) is 13.1. The molecule has 0 radical (unpaired) electrons. The first-order valence-corrected chi connectivity index (χ1v) is 13.6. The van der Waals surface area contributed by atoms with E-state index < -0.39 is 18.1 Å². The Morgan fingerprint density at radius 3 is 1.90 bits per heavy atom. The topological polar surface area (TPSA) is 86.3 Å². The highest BCUT2D eigenvalue weighted by Gasteiger charge is 2.31. The molecule has 2 N–H and O–H groups in total. The van der Waals surface area contributed by atoms with Crippen molar-refractivity contribution in [1.29, 1.82) is 0 Å². The van der Waals surface area contributed by atoms with E-state index in [-0.39, 0.29) is 6.04 Å². The van der Waals surface area contributed by atoms with Gasteiger partial charge in [-0.25, -0.2) is 0 Å². The lowest BCUT2D eigenvalue weighted by Gasteiger charge is -2.26. The number of nitrogens with one attached hydrogen (secondary N) is 1. The molecule has 0 aliphatic rings. The first kappa shape index (κ1) is 29.6. The number of rotatable bonds is 14. The molecule has 2 unspecified atom stereocenters. The standard InChI is InChI=1S/C34H37NO6/c1-24(20-25-14-17-29(38-2)18-15-25)35-32(34(37)39-3)33(36)28-16-19-30(40-22-26-10-6-4-7-11-26)31(21-28)41-23-27-12-8-5-9-13-27/h4-19,21,24,32-33,35-36H,20,22-23H2,1-3H3/t24?,32-,33?/m0/s1. The zero-order valence-corrected chi connectivity index (χ0v) is 23.7. The van der Waals surface area contributed by atoms with Gasteiger partial charge in [-0.2, -0.15) is 0 Å². The predicted octanol–water partition coefficient (Wildman–Crippen LogP) is 5.65. The fraction of sp³-hybridized carbons (Fsp3) is 0.265. The van der Waals surface area contributed by atoms with Crippen LogP contribution in [0.3, 0.4) is 0 Å². The second-order valence-electron chi connectivity index (χ2n) is 9.82. The number of hydrogen-bond acceptors (Lipinski definition) is 7. The maximum absolute atomic E-state index is 12.8. The minimum atomic E-state index is -1.19. The highest BCUT2D eigenvalue weighted by Crippen LogP contribution is 2.33. The maximum Gasteiger partial charge on any atom is 0.325 e. The van der Waals surface area contributed by atoms with Gasteiger partial charge in [0, 0.05) is 6.04 Å². The summed E-state index contributed by atoms with van der Waals surface area (Å²) in [6, 6.07) is 31.5. The van der Waals surface area contributed by atoms with E-state index in [1.807, 2.05) is 91.9 Å². The summed E-state index contributed by atoms with van der Waals surface area (Å²) in [5.74, 6) is 1.22. The van der Waals surface area contributed by atoms with Gasteiger partial charge in [0.25, 0.3) is 0 Å². The van der Waals surface area contributed by atoms with Crippen molar-refractivity contribution in [1.82, 2.24) is 5.32 Å². The summed E-state index contributed by atoms with van der Waals surface area (Å²) in [5, 5.41) is 14.7. The molecular formula is C34H37NO6. The van der Waals surface area contributed by atoms with E-state index in [4.69, 9.17) is 18.9 Å². The monoisotopic (exact) mass is 555 g/mol. The number of carbonyl (C=O) groups is 1. The molecule has 7 heteroatoms. The highest BCUT2D eigenvalue weighted by molar-refractivity contribution is 5.77. The average molecular weight is 556 g/mol. The SMILES string of the molecule is COC(=O)[C@@H](NC(C)Cc1ccc(OC)cc1)C(O)c1ccc(OCc2ccccc2)c(OCc2ccccc2)c1. The van der Waals surface area contributed by atoms with Crippen LogP contribution in [0.1, 0.15) is 35.3 Å². The summed E-state index contributed by atoms with van der Waals surface area (Å²) >= 11 is 0. The number of esters is 1. The second kappa shape index (κ2) is 14.9. The van der Waals surface area contributed by atoms with Gasteiger partial charge in [0.05, 0.1) is 14.2 Å². The second-order valence-corrected chi connectivity index (χ2v) is 9.82. The van der Waals surface area contributed by atoms with E-state index in [1.165, 1.54) is 7.11 Å². The summed E-state index contributed by atoms with van der Waals surface area (Å²) in [6.07, 6.45) is -0.551. The van der Waals surface area contributed by atoms with E-state index in [1.54, 1.807) is 25.3 Å². The fourth-order valence-corrected chi connectivity index (χ4v) is 4.50. The quantitative estimate of drug-likeness (QED) is 0.195. The van der Waals surface area contributed by atoms with Gasteiger partial charge in [0.15, 0.2) is 11.5 Å². The van der Waals surface area contributed by atoms with Crippen molar-refractivity contribution >= 4 is 5.97 Å². The van der Waals surface area contributed by atoms with Crippen LogP contribution in [0, 0.1) is 0 Å². The van der Waals surface area contributed by atoms with Gasteiger partial charge in [-0.05, 0) is 59.9 Å². The Morgan fingerprint density at radius 2 is 1.34 bits per heavy atom. The van der Waals surface area contributed by atoms with Crippen molar-refractivity contribution in [3.05, 3.63) is 125 Å². The number of methoxy groups -OCH3 is 2. The Morgan fingerprint density at radius 1 is 0.756 bits per heavy atom. The Hall–Kier alpha value is -4.33. The van der Waals surface area contributed by atoms with Gasteiger partial charge in [0.2, 0.25) is 0 Å². The number of aliphatic hydroxyl groups excluding tert-OH is 1. The Bertz CT molecular complexity index is 1360. The molecule has 214 valence electrons. The Kier molecular flexibility index (Phi) is 10.8. The highest BCUT2D eigenvalue weighted by atomic mass is 16.5. The first-order chi connectivity index (χ1) is 20.0.